The minimum atomic E-state index is -0.00885. The molecule has 2 aromatic heterocycles. The van der Waals surface area contributed by atoms with Gasteiger partial charge in [0, 0.05) is 19.5 Å². The number of halogens is 1. The highest BCUT2D eigenvalue weighted by Gasteiger charge is 2.07. The zero-order valence-electron chi connectivity index (χ0n) is 10.5. The van der Waals surface area contributed by atoms with Crippen molar-refractivity contribution in [1.82, 2.24) is 19.3 Å². The summed E-state index contributed by atoms with van der Waals surface area (Å²) in [6.45, 7) is 0.707. The number of alkyl halides is 1. The van der Waals surface area contributed by atoms with E-state index in [0.717, 1.165) is 25.7 Å². The number of aryl methyl sites for hydroxylation is 2. The number of rotatable bonds is 6. The normalized spacial score (nSPS) is 11.2. The van der Waals surface area contributed by atoms with Gasteiger partial charge in [-0.25, -0.2) is 4.98 Å². The summed E-state index contributed by atoms with van der Waals surface area (Å²) in [6, 6.07) is 0. The van der Waals surface area contributed by atoms with E-state index in [1.54, 1.807) is 28.8 Å². The van der Waals surface area contributed by atoms with Gasteiger partial charge < -0.3 is 0 Å². The molecule has 0 bridgehead atoms. The Bertz CT molecular complexity index is 575. The summed E-state index contributed by atoms with van der Waals surface area (Å²) >= 11 is 5.62. The molecule has 0 radical (unpaired) electrons. The second-order valence-corrected chi connectivity index (χ2v) is 4.73. The zero-order chi connectivity index (χ0) is 13.0. The molecule has 2 rings (SSSR count). The molecule has 2 heterocycles. The minimum Gasteiger partial charge on any atom is -0.299 e. The van der Waals surface area contributed by atoms with E-state index < -0.39 is 0 Å². The minimum absolute atomic E-state index is 0.00885. The molecule has 0 amide bonds. The first-order valence-electron chi connectivity index (χ1n) is 6.17. The Kier molecular flexibility index (Phi) is 4.36. The molecule has 0 saturated carbocycles. The van der Waals surface area contributed by atoms with Crippen LogP contribution in [0.3, 0.4) is 0 Å². The van der Waals surface area contributed by atoms with Crippen molar-refractivity contribution in [2.24, 2.45) is 7.05 Å². The van der Waals surface area contributed by atoms with Crippen molar-refractivity contribution in [3.63, 3.8) is 0 Å². The number of nitrogens with zero attached hydrogens (tertiary/aromatic N) is 4. The fourth-order valence-corrected chi connectivity index (χ4v) is 2.15. The van der Waals surface area contributed by atoms with Crippen LogP contribution in [0.2, 0.25) is 0 Å². The lowest BCUT2D eigenvalue weighted by Gasteiger charge is -2.04. The fourth-order valence-electron chi connectivity index (χ4n) is 1.96. The number of hydrogen-bond donors (Lipinski definition) is 0. The highest BCUT2D eigenvalue weighted by atomic mass is 35.5. The van der Waals surface area contributed by atoms with Gasteiger partial charge in [0.15, 0.2) is 5.65 Å². The van der Waals surface area contributed by atoms with Gasteiger partial charge in [0.25, 0.3) is 5.56 Å². The molecule has 0 N–H and O–H groups in total. The second-order valence-electron chi connectivity index (χ2n) is 4.35. The first-order chi connectivity index (χ1) is 8.74. The molecule has 6 heteroatoms. The third-order valence-electron chi connectivity index (χ3n) is 3.00. The van der Waals surface area contributed by atoms with E-state index in [4.69, 9.17) is 11.6 Å². The Morgan fingerprint density at radius 2 is 2.06 bits per heavy atom. The first-order valence-corrected chi connectivity index (χ1v) is 6.70. The Morgan fingerprint density at radius 3 is 2.83 bits per heavy atom. The third kappa shape index (κ3) is 2.72. The van der Waals surface area contributed by atoms with Crippen LogP contribution in [0.1, 0.15) is 25.7 Å². The Labute approximate surface area is 110 Å². The Hall–Kier alpha value is -1.36. The second kappa shape index (κ2) is 6.00. The summed E-state index contributed by atoms with van der Waals surface area (Å²) < 4.78 is 3.27. The quantitative estimate of drug-likeness (QED) is 0.594. The highest BCUT2D eigenvalue weighted by Crippen LogP contribution is 2.05. The lowest BCUT2D eigenvalue weighted by Crippen LogP contribution is -2.20. The van der Waals surface area contributed by atoms with Gasteiger partial charge in [-0.15, -0.1) is 11.6 Å². The van der Waals surface area contributed by atoms with Gasteiger partial charge in [-0.05, 0) is 12.8 Å². The van der Waals surface area contributed by atoms with Crippen molar-refractivity contribution in [2.45, 2.75) is 32.2 Å². The van der Waals surface area contributed by atoms with Gasteiger partial charge in [0.1, 0.15) is 5.39 Å². The largest absolute Gasteiger partial charge is 0.299 e. The van der Waals surface area contributed by atoms with Crippen LogP contribution in [0.15, 0.2) is 17.3 Å². The maximum absolute atomic E-state index is 12.1. The summed E-state index contributed by atoms with van der Waals surface area (Å²) in [4.78, 5) is 16.4. The lowest BCUT2D eigenvalue weighted by atomic mass is 10.2. The molecule has 0 aromatic carbocycles. The predicted octanol–water partition coefficient (Wildman–Crippen LogP) is 1.93. The summed E-state index contributed by atoms with van der Waals surface area (Å²) in [5.41, 5.74) is 0.629. The average molecular weight is 269 g/mol. The van der Waals surface area contributed by atoms with E-state index in [0.29, 0.717) is 23.5 Å². The molecule has 0 aliphatic heterocycles. The summed E-state index contributed by atoms with van der Waals surface area (Å²) in [5.74, 6) is 0.711. The topological polar surface area (TPSA) is 52.7 Å². The molecule has 0 atom stereocenters. The molecule has 0 spiro atoms. The molecule has 18 heavy (non-hydrogen) atoms. The van der Waals surface area contributed by atoms with E-state index in [2.05, 4.69) is 10.1 Å². The number of hydrogen-bond acceptors (Lipinski definition) is 3. The molecule has 0 unspecified atom stereocenters. The summed E-state index contributed by atoms with van der Waals surface area (Å²) in [5, 5.41) is 4.63. The standard InChI is InChI=1S/C12H17ClN4O/c1-16-11-10(8-15-16)12(18)17(9-14-11)7-5-3-2-4-6-13/h8-9H,2-7H2,1H3. The van der Waals surface area contributed by atoms with Gasteiger partial charge in [-0.3, -0.25) is 14.0 Å². The van der Waals surface area contributed by atoms with E-state index in [1.165, 1.54) is 0 Å². The fraction of sp³-hybridized carbons (Fsp3) is 0.583. The molecule has 0 aliphatic carbocycles. The molecule has 5 nitrogen and oxygen atoms in total. The van der Waals surface area contributed by atoms with Crippen molar-refractivity contribution >= 4 is 22.6 Å². The van der Waals surface area contributed by atoms with Crippen molar-refractivity contribution in [3.8, 4) is 0 Å². The lowest BCUT2D eigenvalue weighted by molar-refractivity contribution is 0.568. The van der Waals surface area contributed by atoms with Gasteiger partial charge in [-0.2, -0.15) is 5.10 Å². The Morgan fingerprint density at radius 1 is 1.28 bits per heavy atom. The Balaban J connectivity index is 2.05. The molecule has 0 saturated heterocycles. The van der Waals surface area contributed by atoms with Crippen LogP contribution in [-0.2, 0) is 13.6 Å². The average Bonchev–Trinajstić information content (AvgIpc) is 2.74. The molecular formula is C12H17ClN4O. The van der Waals surface area contributed by atoms with E-state index >= 15 is 0 Å². The number of unbranched alkanes of at least 4 members (excludes halogenated alkanes) is 3. The number of fused-ring (bicyclic) bond motifs is 1. The maximum Gasteiger partial charge on any atom is 0.264 e. The van der Waals surface area contributed by atoms with Crippen molar-refractivity contribution in [3.05, 3.63) is 22.9 Å². The van der Waals surface area contributed by atoms with Gasteiger partial charge in [-0.1, -0.05) is 12.8 Å². The summed E-state index contributed by atoms with van der Waals surface area (Å²) in [7, 11) is 1.78. The first kappa shape index (κ1) is 13.1. The van der Waals surface area contributed by atoms with Crippen LogP contribution >= 0.6 is 11.6 Å². The van der Waals surface area contributed by atoms with Crippen LogP contribution in [0.5, 0.6) is 0 Å². The van der Waals surface area contributed by atoms with Crippen LogP contribution in [0.25, 0.3) is 11.0 Å². The predicted molar refractivity (Wildman–Crippen MR) is 72.0 cm³/mol. The SMILES string of the molecule is Cn1ncc2c(=O)n(CCCCCCCl)cnc21. The maximum atomic E-state index is 12.1. The monoisotopic (exact) mass is 268 g/mol. The van der Waals surface area contributed by atoms with E-state index in [-0.39, 0.29) is 5.56 Å². The van der Waals surface area contributed by atoms with E-state index in [1.807, 2.05) is 0 Å². The van der Waals surface area contributed by atoms with Crippen LogP contribution in [0.4, 0.5) is 0 Å². The third-order valence-corrected chi connectivity index (χ3v) is 3.27. The van der Waals surface area contributed by atoms with Crippen LogP contribution < -0.4 is 5.56 Å². The van der Waals surface area contributed by atoms with Crippen molar-refractivity contribution < 1.29 is 0 Å². The number of aromatic nitrogens is 4. The smallest absolute Gasteiger partial charge is 0.264 e. The molecule has 2 aromatic rings. The zero-order valence-corrected chi connectivity index (χ0v) is 11.2. The van der Waals surface area contributed by atoms with Crippen LogP contribution in [0, 0.1) is 0 Å². The van der Waals surface area contributed by atoms with Gasteiger partial charge in [0.2, 0.25) is 0 Å². The highest BCUT2D eigenvalue weighted by molar-refractivity contribution is 6.17. The van der Waals surface area contributed by atoms with Crippen molar-refractivity contribution in [1.29, 1.82) is 0 Å². The molecule has 0 aliphatic rings. The van der Waals surface area contributed by atoms with Crippen LogP contribution in [-0.4, -0.2) is 25.2 Å². The summed E-state index contributed by atoms with van der Waals surface area (Å²) in [6.07, 6.45) is 7.40. The molecule has 0 fully saturated rings. The van der Waals surface area contributed by atoms with E-state index in [9.17, 15) is 4.79 Å². The van der Waals surface area contributed by atoms with Crippen molar-refractivity contribution in [2.75, 3.05) is 5.88 Å². The van der Waals surface area contributed by atoms with Gasteiger partial charge in [0.05, 0.1) is 12.5 Å². The molecular weight excluding hydrogens is 252 g/mol. The molecule has 98 valence electrons. The van der Waals surface area contributed by atoms with Gasteiger partial charge >= 0.3 is 0 Å².